The summed E-state index contributed by atoms with van der Waals surface area (Å²) in [5.74, 6) is -6.78. The van der Waals surface area contributed by atoms with Crippen molar-refractivity contribution in [2.75, 3.05) is 0 Å². The van der Waals surface area contributed by atoms with Crippen molar-refractivity contribution in [2.45, 2.75) is 24.8 Å². The van der Waals surface area contributed by atoms with Crippen LogP contribution in [0.25, 0.3) is 0 Å². The summed E-state index contributed by atoms with van der Waals surface area (Å²) in [7, 11) is 0. The van der Waals surface area contributed by atoms with E-state index in [0.29, 0.717) is 6.29 Å². The molecule has 1 atom stereocenters. The van der Waals surface area contributed by atoms with Crippen molar-refractivity contribution in [3.63, 3.8) is 0 Å². The van der Waals surface area contributed by atoms with Crippen molar-refractivity contribution in [2.24, 2.45) is 5.92 Å². The van der Waals surface area contributed by atoms with Gasteiger partial charge in [0.05, 0.1) is 17.3 Å². The minimum Gasteiger partial charge on any atom is -0.291 e. The predicted molar refractivity (Wildman–Crippen MR) is 48.2 cm³/mol. The lowest BCUT2D eigenvalue weighted by Crippen LogP contribution is -2.44. The third kappa shape index (κ3) is 3.82. The van der Waals surface area contributed by atoms with Gasteiger partial charge >= 0.3 is 12.0 Å². The zero-order valence-electron chi connectivity index (χ0n) is 8.82. The van der Waals surface area contributed by atoms with E-state index < -0.39 is 45.5 Å². The Morgan fingerprint density at radius 1 is 0.947 bits per heavy atom. The molecule has 19 heavy (non-hydrogen) atoms. The number of rotatable bonds is 8. The Morgan fingerprint density at radius 3 is 1.63 bits per heavy atom. The zero-order chi connectivity index (χ0) is 15.4. The summed E-state index contributed by atoms with van der Waals surface area (Å²) in [6.07, 6.45) is -3.13. The molecular weight excluding hydrogens is 283 g/mol. The van der Waals surface area contributed by atoms with Gasteiger partial charge in [0.25, 0.3) is 0 Å². The molecule has 0 aliphatic carbocycles. The summed E-state index contributed by atoms with van der Waals surface area (Å²) in [6, 6.07) is -4.68. The van der Waals surface area contributed by atoms with Crippen LogP contribution in [0.2, 0.25) is 0 Å². The summed E-state index contributed by atoms with van der Waals surface area (Å²) in [5.41, 5.74) is 0. The third-order valence-corrected chi connectivity index (χ3v) is 1.99. The molecule has 0 saturated carbocycles. The first-order chi connectivity index (χ1) is 8.47. The predicted octanol–water partition coefficient (Wildman–Crippen LogP) is 0.539. The second-order valence-corrected chi connectivity index (χ2v) is 3.38. The molecule has 0 bridgehead atoms. The monoisotopic (exact) mass is 288 g/mol. The largest absolute Gasteiger partial charge is 0.614 e. The Hall–Kier alpha value is -2.34. The zero-order valence-corrected chi connectivity index (χ0v) is 8.82. The summed E-state index contributed by atoms with van der Waals surface area (Å²) in [4.78, 5) is 34.3. The topological polar surface area (TPSA) is 146 Å². The lowest BCUT2D eigenvalue weighted by Gasteiger charge is -2.13. The molecule has 0 aromatic heterocycles. The van der Waals surface area contributed by atoms with E-state index >= 15 is 0 Å². The van der Waals surface area contributed by atoms with Gasteiger partial charge in [0, 0.05) is 0 Å². The number of halogens is 3. The van der Waals surface area contributed by atoms with Crippen LogP contribution in [0.15, 0.2) is 0 Å². The highest BCUT2D eigenvalue weighted by molar-refractivity contribution is 5.54. The lowest BCUT2D eigenvalue weighted by molar-refractivity contribution is -0.833. The van der Waals surface area contributed by atoms with Gasteiger partial charge in [0.15, 0.2) is 0 Å². The highest BCUT2D eigenvalue weighted by Crippen LogP contribution is 2.30. The van der Waals surface area contributed by atoms with E-state index in [1.54, 1.807) is 0 Å². The van der Waals surface area contributed by atoms with Crippen molar-refractivity contribution in [1.82, 2.24) is 0 Å². The van der Waals surface area contributed by atoms with E-state index in [0.717, 1.165) is 0 Å². The molecule has 0 heterocycles. The SMILES string of the molecule is O=[C]C(CC(F)(F)[N+](=O)[O-])CC(F)([N+](=O)[O-])[N+](=O)[O-]. The lowest BCUT2D eigenvalue weighted by atomic mass is 9.99. The van der Waals surface area contributed by atoms with Crippen LogP contribution in [0.5, 0.6) is 0 Å². The van der Waals surface area contributed by atoms with Gasteiger partial charge in [-0.15, -0.1) is 8.78 Å². The van der Waals surface area contributed by atoms with Crippen LogP contribution >= 0.6 is 0 Å². The molecule has 0 N–H and O–H groups in total. The van der Waals surface area contributed by atoms with Crippen LogP contribution < -0.4 is 0 Å². The molecule has 107 valence electrons. The second kappa shape index (κ2) is 5.53. The van der Waals surface area contributed by atoms with Crippen molar-refractivity contribution >= 4 is 6.29 Å². The molecule has 0 rings (SSSR count). The third-order valence-electron chi connectivity index (χ3n) is 1.99. The molecule has 0 amide bonds. The van der Waals surface area contributed by atoms with E-state index in [1.165, 1.54) is 0 Å². The molecule has 1 unspecified atom stereocenters. The molecule has 0 aliphatic heterocycles. The number of alkyl halides is 3. The average molecular weight is 288 g/mol. The fourth-order valence-electron chi connectivity index (χ4n) is 1.06. The Kier molecular flexibility index (Phi) is 4.85. The number of hydrogen-bond donors (Lipinski definition) is 0. The minimum absolute atomic E-state index is 0.695. The molecule has 0 spiro atoms. The second-order valence-electron chi connectivity index (χ2n) is 3.38. The number of carbonyl (C=O) groups excluding carboxylic acids is 1. The molecule has 10 nitrogen and oxygen atoms in total. The van der Waals surface area contributed by atoms with Gasteiger partial charge in [-0.25, -0.2) is 0 Å². The molecule has 13 heteroatoms. The van der Waals surface area contributed by atoms with Crippen LogP contribution in [-0.2, 0) is 4.79 Å². The average Bonchev–Trinajstić information content (AvgIpc) is 2.26. The number of nitrogens with zero attached hydrogens (tertiary/aromatic N) is 3. The standard InChI is InChI=1S/C6H5F3N3O7/c7-5(8,10(14)15)1-4(3-13)2-6(9,11(16)17)12(18)19/h4H,1-2H2. The molecule has 0 aromatic rings. The first-order valence-electron chi connectivity index (χ1n) is 4.35. The van der Waals surface area contributed by atoms with E-state index in [1.807, 2.05) is 0 Å². The van der Waals surface area contributed by atoms with Crippen molar-refractivity contribution in [3.8, 4) is 0 Å². The van der Waals surface area contributed by atoms with Crippen molar-refractivity contribution < 1.29 is 32.7 Å². The molecule has 0 fully saturated rings. The van der Waals surface area contributed by atoms with Crippen LogP contribution in [0.3, 0.4) is 0 Å². The van der Waals surface area contributed by atoms with Crippen molar-refractivity contribution in [3.05, 3.63) is 30.3 Å². The quantitative estimate of drug-likeness (QED) is 0.274. The van der Waals surface area contributed by atoms with Gasteiger partial charge in [-0.1, -0.05) is 4.39 Å². The summed E-state index contributed by atoms with van der Waals surface area (Å²) >= 11 is 0. The Bertz CT molecular complexity index is 401. The van der Waals surface area contributed by atoms with E-state index in [-0.39, 0.29) is 0 Å². The normalized spacial score (nSPS) is 13.6. The highest BCUT2D eigenvalue weighted by Gasteiger charge is 2.61. The van der Waals surface area contributed by atoms with Gasteiger partial charge in [0.2, 0.25) is 6.29 Å². The molecular formula is C6H5F3N3O7. The van der Waals surface area contributed by atoms with Crippen LogP contribution in [0.1, 0.15) is 12.8 Å². The highest BCUT2D eigenvalue weighted by atomic mass is 19.3. The Labute approximate surface area is 101 Å². The molecule has 0 saturated heterocycles. The first-order valence-corrected chi connectivity index (χ1v) is 4.35. The molecule has 1 radical (unpaired) electrons. The fourth-order valence-corrected chi connectivity index (χ4v) is 1.06. The van der Waals surface area contributed by atoms with E-state index in [2.05, 4.69) is 0 Å². The Balaban J connectivity index is 5.11. The van der Waals surface area contributed by atoms with Gasteiger partial charge in [0.1, 0.15) is 16.3 Å². The maximum absolute atomic E-state index is 13.3. The first kappa shape index (κ1) is 16.7. The van der Waals surface area contributed by atoms with E-state index in [9.17, 15) is 48.3 Å². The van der Waals surface area contributed by atoms with Gasteiger partial charge in [-0.05, 0) is 0 Å². The summed E-state index contributed by atoms with van der Waals surface area (Å²) in [5, 5.41) is 30.2. The van der Waals surface area contributed by atoms with Gasteiger partial charge in [-0.3, -0.25) is 35.1 Å². The fraction of sp³-hybridized carbons (Fsp3) is 0.833. The summed E-state index contributed by atoms with van der Waals surface area (Å²) in [6.45, 7) is 0. The van der Waals surface area contributed by atoms with Crippen molar-refractivity contribution in [1.29, 1.82) is 0 Å². The van der Waals surface area contributed by atoms with Crippen LogP contribution in [0.4, 0.5) is 13.2 Å². The van der Waals surface area contributed by atoms with Gasteiger partial charge in [-0.2, -0.15) is 0 Å². The van der Waals surface area contributed by atoms with Crippen LogP contribution in [-0.4, -0.2) is 33.0 Å². The molecule has 0 aromatic carbocycles. The smallest absolute Gasteiger partial charge is 0.291 e. The minimum atomic E-state index is -4.68. The number of hydrogen-bond acceptors (Lipinski definition) is 7. The Morgan fingerprint density at radius 2 is 1.37 bits per heavy atom. The number of nitro groups is 3. The molecule has 0 aliphatic rings. The van der Waals surface area contributed by atoms with Gasteiger partial charge < -0.3 is 0 Å². The summed E-state index contributed by atoms with van der Waals surface area (Å²) < 4.78 is 38.5. The maximum Gasteiger partial charge on any atom is 0.614 e. The maximum atomic E-state index is 13.3. The van der Waals surface area contributed by atoms with Crippen LogP contribution in [0, 0.1) is 36.3 Å². The van der Waals surface area contributed by atoms with E-state index in [4.69, 9.17) is 0 Å².